The van der Waals surface area contributed by atoms with Gasteiger partial charge in [-0.25, -0.2) is 4.98 Å². The Morgan fingerprint density at radius 2 is 1.90 bits per heavy atom. The second-order valence-corrected chi connectivity index (χ2v) is 7.74. The van der Waals surface area contributed by atoms with Crippen LogP contribution < -0.4 is 14.8 Å². The molecule has 1 aliphatic rings. The zero-order valence-corrected chi connectivity index (χ0v) is 17.8. The highest BCUT2D eigenvalue weighted by Crippen LogP contribution is 2.31. The molecule has 2 heterocycles. The molecule has 0 unspecified atom stereocenters. The molecule has 0 radical (unpaired) electrons. The molecule has 3 aromatic rings. The molecular weight excluding hydrogens is 402 g/mol. The first-order valence-electron chi connectivity index (χ1n) is 9.92. The Morgan fingerprint density at radius 1 is 1.13 bits per heavy atom. The van der Waals surface area contributed by atoms with Crippen LogP contribution in [0.25, 0.3) is 10.9 Å². The molecule has 6 nitrogen and oxygen atoms in total. The number of aromatic nitrogens is 1. The first kappa shape index (κ1) is 20.3. The molecule has 7 heteroatoms. The number of anilines is 1. The third-order valence-corrected chi connectivity index (χ3v) is 5.59. The van der Waals surface area contributed by atoms with Gasteiger partial charge in [0.15, 0.2) is 0 Å². The summed E-state index contributed by atoms with van der Waals surface area (Å²) < 4.78 is 10.8. The van der Waals surface area contributed by atoms with Gasteiger partial charge < -0.3 is 19.7 Å². The van der Waals surface area contributed by atoms with E-state index in [2.05, 4.69) is 10.3 Å². The zero-order valence-electron chi connectivity index (χ0n) is 17.0. The molecule has 1 aliphatic heterocycles. The lowest BCUT2D eigenvalue weighted by molar-refractivity contribution is 0.0707. The number of hydrogen-bond donors (Lipinski definition) is 1. The van der Waals surface area contributed by atoms with Gasteiger partial charge in [0.1, 0.15) is 22.9 Å². The quantitative estimate of drug-likeness (QED) is 0.646. The number of fused-ring (bicyclic) bond motifs is 1. The number of methoxy groups -OCH3 is 2. The molecular formula is C23H24ClN3O3. The van der Waals surface area contributed by atoms with Crippen molar-refractivity contribution >= 4 is 34.2 Å². The van der Waals surface area contributed by atoms with Crippen LogP contribution in [0, 0.1) is 0 Å². The molecule has 0 saturated carbocycles. The number of nitrogens with one attached hydrogen (secondary N) is 1. The van der Waals surface area contributed by atoms with Gasteiger partial charge in [0.05, 0.1) is 19.7 Å². The molecule has 2 aromatic carbocycles. The SMILES string of the molecule is COc1cccc(OC)c1C(=O)N1CCC[C@H](Nc2ccc3cc(Cl)ccc3n2)C1. The topological polar surface area (TPSA) is 63.7 Å². The van der Waals surface area contributed by atoms with Crippen molar-refractivity contribution in [3.8, 4) is 11.5 Å². The number of carbonyl (C=O) groups excluding carboxylic acids is 1. The molecule has 1 aromatic heterocycles. The summed E-state index contributed by atoms with van der Waals surface area (Å²) in [7, 11) is 3.12. The lowest BCUT2D eigenvalue weighted by atomic mass is 10.0. The summed E-state index contributed by atoms with van der Waals surface area (Å²) in [5.74, 6) is 1.74. The van der Waals surface area contributed by atoms with Gasteiger partial charge in [-0.05, 0) is 55.3 Å². The molecule has 30 heavy (non-hydrogen) atoms. The van der Waals surface area contributed by atoms with Gasteiger partial charge in [-0.1, -0.05) is 17.7 Å². The fourth-order valence-corrected chi connectivity index (χ4v) is 4.07. The van der Waals surface area contributed by atoms with Crippen LogP contribution in [0.2, 0.25) is 5.02 Å². The van der Waals surface area contributed by atoms with E-state index < -0.39 is 0 Å². The number of ether oxygens (including phenoxy) is 2. The highest BCUT2D eigenvalue weighted by atomic mass is 35.5. The van der Waals surface area contributed by atoms with Crippen LogP contribution in [-0.2, 0) is 0 Å². The fraction of sp³-hybridized carbons (Fsp3) is 0.304. The average Bonchev–Trinajstić information content (AvgIpc) is 2.78. The van der Waals surface area contributed by atoms with Crippen molar-refractivity contribution in [2.24, 2.45) is 0 Å². The van der Waals surface area contributed by atoms with Gasteiger partial charge in [-0.2, -0.15) is 0 Å². The maximum atomic E-state index is 13.3. The third-order valence-electron chi connectivity index (χ3n) is 5.35. The molecule has 4 rings (SSSR count). The van der Waals surface area contributed by atoms with Gasteiger partial charge >= 0.3 is 0 Å². The van der Waals surface area contributed by atoms with Crippen molar-refractivity contribution in [2.45, 2.75) is 18.9 Å². The van der Waals surface area contributed by atoms with Gasteiger partial charge in [0.25, 0.3) is 5.91 Å². The first-order valence-corrected chi connectivity index (χ1v) is 10.3. The second-order valence-electron chi connectivity index (χ2n) is 7.31. The molecule has 1 saturated heterocycles. The maximum Gasteiger partial charge on any atom is 0.261 e. The maximum absolute atomic E-state index is 13.3. The summed E-state index contributed by atoms with van der Waals surface area (Å²) in [6.45, 7) is 1.28. The summed E-state index contributed by atoms with van der Waals surface area (Å²) in [6.07, 6.45) is 1.87. The minimum absolute atomic E-state index is 0.0862. The molecule has 156 valence electrons. The van der Waals surface area contributed by atoms with Gasteiger partial charge in [-0.15, -0.1) is 0 Å². The Bertz CT molecular complexity index is 1050. The van der Waals surface area contributed by atoms with Crippen LogP contribution in [0.15, 0.2) is 48.5 Å². The number of amides is 1. The van der Waals surface area contributed by atoms with Gasteiger partial charge in [0.2, 0.25) is 0 Å². The van der Waals surface area contributed by atoms with E-state index in [0.29, 0.717) is 35.2 Å². The van der Waals surface area contributed by atoms with Crippen LogP contribution in [0.3, 0.4) is 0 Å². The Balaban J connectivity index is 1.51. The number of hydrogen-bond acceptors (Lipinski definition) is 5. The number of likely N-dealkylation sites (tertiary alicyclic amines) is 1. The number of rotatable bonds is 5. The smallest absolute Gasteiger partial charge is 0.261 e. The van der Waals surface area contributed by atoms with Crippen molar-refractivity contribution < 1.29 is 14.3 Å². The summed E-state index contributed by atoms with van der Waals surface area (Å²) in [6, 6.07) is 15.1. The zero-order chi connectivity index (χ0) is 21.1. The van der Waals surface area contributed by atoms with E-state index in [9.17, 15) is 4.79 Å². The normalized spacial score (nSPS) is 16.4. The van der Waals surface area contributed by atoms with E-state index >= 15 is 0 Å². The predicted octanol–water partition coefficient (Wildman–Crippen LogP) is 4.62. The minimum atomic E-state index is -0.0862. The molecule has 0 spiro atoms. The molecule has 1 fully saturated rings. The summed E-state index contributed by atoms with van der Waals surface area (Å²) in [5.41, 5.74) is 1.34. The van der Waals surface area contributed by atoms with E-state index in [-0.39, 0.29) is 11.9 Å². The summed E-state index contributed by atoms with van der Waals surface area (Å²) in [5, 5.41) is 5.17. The highest BCUT2D eigenvalue weighted by molar-refractivity contribution is 6.31. The van der Waals surface area contributed by atoms with Crippen molar-refractivity contribution in [3.63, 3.8) is 0 Å². The molecule has 1 amide bonds. The molecule has 1 atom stereocenters. The third kappa shape index (κ3) is 4.14. The van der Waals surface area contributed by atoms with Crippen LogP contribution in [0.1, 0.15) is 23.2 Å². The van der Waals surface area contributed by atoms with Crippen LogP contribution in [0.5, 0.6) is 11.5 Å². The van der Waals surface area contributed by atoms with Crippen LogP contribution in [-0.4, -0.2) is 49.1 Å². The van der Waals surface area contributed by atoms with Crippen molar-refractivity contribution in [3.05, 3.63) is 59.1 Å². The Labute approximate surface area is 180 Å². The molecule has 0 bridgehead atoms. The molecule has 0 aliphatic carbocycles. The van der Waals surface area contributed by atoms with E-state index in [1.807, 2.05) is 41.3 Å². The number of nitrogens with zero attached hydrogens (tertiary/aromatic N) is 2. The Hall–Kier alpha value is -2.99. The number of carbonyl (C=O) groups is 1. The van der Waals surface area contributed by atoms with Crippen LogP contribution in [0.4, 0.5) is 5.82 Å². The van der Waals surface area contributed by atoms with Gasteiger partial charge in [-0.3, -0.25) is 4.79 Å². The van der Waals surface area contributed by atoms with Crippen molar-refractivity contribution in [1.29, 1.82) is 0 Å². The second kappa shape index (κ2) is 8.79. The Kier molecular flexibility index (Phi) is 5.95. The fourth-order valence-electron chi connectivity index (χ4n) is 3.89. The Morgan fingerprint density at radius 3 is 2.63 bits per heavy atom. The predicted molar refractivity (Wildman–Crippen MR) is 119 cm³/mol. The standard InChI is InChI=1S/C23H24ClN3O3/c1-29-19-6-3-7-20(30-2)22(19)23(28)27-12-4-5-17(14-27)25-21-11-8-15-13-16(24)9-10-18(15)26-21/h3,6-11,13,17H,4-5,12,14H2,1-2H3,(H,25,26)/t17-/m0/s1. The minimum Gasteiger partial charge on any atom is -0.496 e. The van der Waals surface area contributed by atoms with E-state index in [4.69, 9.17) is 21.1 Å². The number of benzene rings is 2. The van der Waals surface area contributed by atoms with Crippen LogP contribution >= 0.6 is 11.6 Å². The average molecular weight is 426 g/mol. The lowest BCUT2D eigenvalue weighted by Gasteiger charge is -2.34. The largest absolute Gasteiger partial charge is 0.496 e. The lowest BCUT2D eigenvalue weighted by Crippen LogP contribution is -2.45. The van der Waals surface area contributed by atoms with Gasteiger partial charge in [0, 0.05) is 29.5 Å². The van der Waals surface area contributed by atoms with Crippen molar-refractivity contribution in [1.82, 2.24) is 9.88 Å². The highest BCUT2D eigenvalue weighted by Gasteiger charge is 2.28. The number of piperidine rings is 1. The molecule has 1 N–H and O–H groups in total. The summed E-state index contributed by atoms with van der Waals surface area (Å²) >= 11 is 6.05. The van der Waals surface area contributed by atoms with E-state index in [1.165, 1.54) is 0 Å². The monoisotopic (exact) mass is 425 g/mol. The first-order chi connectivity index (χ1) is 14.6. The van der Waals surface area contributed by atoms with E-state index in [1.54, 1.807) is 26.4 Å². The summed E-state index contributed by atoms with van der Waals surface area (Å²) in [4.78, 5) is 19.8. The van der Waals surface area contributed by atoms with Crippen molar-refractivity contribution in [2.75, 3.05) is 32.6 Å². The number of pyridine rings is 1. The number of halogens is 1. The van der Waals surface area contributed by atoms with E-state index in [0.717, 1.165) is 29.6 Å².